The van der Waals surface area contributed by atoms with Crippen molar-refractivity contribution in [1.29, 1.82) is 0 Å². The number of hydrogen-bond donors (Lipinski definition) is 0. The van der Waals surface area contributed by atoms with Gasteiger partial charge in [0.25, 0.3) is 0 Å². The Balaban J connectivity index is 1.85. The molecule has 1 aliphatic heterocycles. The fourth-order valence-electron chi connectivity index (χ4n) is 4.19. The number of hydrogen-bond acceptors (Lipinski definition) is 2. The van der Waals surface area contributed by atoms with Crippen LogP contribution in [0.25, 0.3) is 11.1 Å². The van der Waals surface area contributed by atoms with Crippen molar-refractivity contribution in [2.75, 3.05) is 7.11 Å². The number of nitrogens with zero attached hydrogens (tertiary/aromatic N) is 2. The molecule has 2 aromatic carbocycles. The highest BCUT2D eigenvalue weighted by atomic mass is 16.5. The van der Waals surface area contributed by atoms with Crippen LogP contribution < -0.4 is 0 Å². The molecular formula is C24H20N2O. The van der Waals surface area contributed by atoms with Gasteiger partial charge in [-0.05, 0) is 34.9 Å². The topological polar surface area (TPSA) is 27.1 Å². The predicted molar refractivity (Wildman–Crippen MR) is 108 cm³/mol. The lowest BCUT2D eigenvalue weighted by atomic mass is 9.76. The molecule has 0 spiro atoms. The van der Waals surface area contributed by atoms with Crippen LogP contribution in [-0.2, 0) is 4.74 Å². The van der Waals surface area contributed by atoms with Crippen molar-refractivity contribution in [2.24, 2.45) is 5.92 Å². The van der Waals surface area contributed by atoms with Crippen LogP contribution in [0.4, 0.5) is 0 Å². The fraction of sp³-hybridized carbons (Fsp3) is 0.125. The van der Waals surface area contributed by atoms with E-state index in [1.807, 2.05) is 12.3 Å². The molecule has 132 valence electrons. The van der Waals surface area contributed by atoms with Crippen molar-refractivity contribution in [3.63, 3.8) is 0 Å². The first-order valence-electron chi connectivity index (χ1n) is 9.20. The van der Waals surface area contributed by atoms with E-state index in [1.165, 1.54) is 22.3 Å². The van der Waals surface area contributed by atoms with Crippen LogP contribution in [0.15, 0.2) is 96.9 Å². The quantitative estimate of drug-likeness (QED) is 0.655. The zero-order valence-electron chi connectivity index (χ0n) is 15.1. The molecule has 27 heavy (non-hydrogen) atoms. The first-order valence-corrected chi connectivity index (χ1v) is 9.20. The zero-order chi connectivity index (χ0) is 18.2. The average molecular weight is 352 g/mol. The van der Waals surface area contributed by atoms with Gasteiger partial charge in [0.05, 0.1) is 18.8 Å². The summed E-state index contributed by atoms with van der Waals surface area (Å²) in [5.41, 5.74) is 6.15. The number of rotatable bonds is 3. The van der Waals surface area contributed by atoms with Gasteiger partial charge >= 0.3 is 0 Å². The van der Waals surface area contributed by atoms with E-state index in [2.05, 4.69) is 88.7 Å². The smallest absolute Gasteiger partial charge is 0.115 e. The lowest BCUT2D eigenvalue weighted by Gasteiger charge is -2.36. The second-order valence-electron chi connectivity index (χ2n) is 6.83. The van der Waals surface area contributed by atoms with E-state index in [9.17, 15) is 0 Å². The monoisotopic (exact) mass is 352 g/mol. The van der Waals surface area contributed by atoms with Gasteiger partial charge in [-0.3, -0.25) is 4.68 Å². The number of ether oxygens (including phenoxy) is 1. The Bertz CT molecular complexity index is 1060. The summed E-state index contributed by atoms with van der Waals surface area (Å²) in [5, 5.41) is 4.66. The molecule has 3 aromatic rings. The van der Waals surface area contributed by atoms with E-state index in [-0.39, 0.29) is 12.0 Å². The SMILES string of the molecule is COC1=CC2C(c3ccccc3)=C(c3ccccc3)c3ccnn3C2C=C1. The lowest BCUT2D eigenvalue weighted by molar-refractivity contribution is 0.296. The van der Waals surface area contributed by atoms with Crippen molar-refractivity contribution in [3.8, 4) is 0 Å². The van der Waals surface area contributed by atoms with Gasteiger partial charge in [0.1, 0.15) is 5.76 Å². The highest BCUT2D eigenvalue weighted by molar-refractivity contribution is 6.00. The third kappa shape index (κ3) is 2.55. The number of fused-ring (bicyclic) bond motifs is 3. The summed E-state index contributed by atoms with van der Waals surface area (Å²) in [6.07, 6.45) is 8.36. The van der Waals surface area contributed by atoms with Gasteiger partial charge in [0.15, 0.2) is 0 Å². The summed E-state index contributed by atoms with van der Waals surface area (Å²) < 4.78 is 7.69. The van der Waals surface area contributed by atoms with Crippen LogP contribution in [0.3, 0.4) is 0 Å². The predicted octanol–water partition coefficient (Wildman–Crippen LogP) is 5.11. The molecular weight excluding hydrogens is 332 g/mol. The third-order valence-electron chi connectivity index (χ3n) is 5.36. The Morgan fingerprint density at radius 1 is 0.889 bits per heavy atom. The first-order chi connectivity index (χ1) is 13.4. The van der Waals surface area contributed by atoms with Crippen LogP contribution >= 0.6 is 0 Å². The van der Waals surface area contributed by atoms with Crippen molar-refractivity contribution in [3.05, 3.63) is 114 Å². The molecule has 0 N–H and O–H groups in total. The number of aromatic nitrogens is 2. The molecule has 0 bridgehead atoms. The minimum atomic E-state index is 0.150. The molecule has 3 nitrogen and oxygen atoms in total. The van der Waals surface area contributed by atoms with Crippen LogP contribution in [0, 0.1) is 5.92 Å². The second-order valence-corrected chi connectivity index (χ2v) is 6.83. The summed E-state index contributed by atoms with van der Waals surface area (Å²) >= 11 is 0. The Hall–Kier alpha value is -3.33. The Morgan fingerprint density at radius 3 is 2.30 bits per heavy atom. The molecule has 2 heterocycles. The van der Waals surface area contributed by atoms with Gasteiger partial charge in [0, 0.05) is 17.7 Å². The summed E-state index contributed by atoms with van der Waals surface area (Å²) in [5.74, 6) is 1.06. The van der Waals surface area contributed by atoms with Crippen LogP contribution in [0.2, 0.25) is 0 Å². The van der Waals surface area contributed by atoms with E-state index in [4.69, 9.17) is 4.74 Å². The number of methoxy groups -OCH3 is 1. The average Bonchev–Trinajstić information content (AvgIpc) is 3.23. The van der Waals surface area contributed by atoms with Crippen molar-refractivity contribution in [1.82, 2.24) is 9.78 Å². The molecule has 2 aliphatic rings. The van der Waals surface area contributed by atoms with Crippen LogP contribution in [0.5, 0.6) is 0 Å². The standard InChI is InChI=1S/C24H20N2O/c1-27-19-12-13-21-20(16-19)23(17-8-4-2-5-9-17)24(18-10-6-3-7-11-18)22-14-15-25-26(21)22/h2-16,20-21H,1H3. The summed E-state index contributed by atoms with van der Waals surface area (Å²) in [7, 11) is 1.72. The molecule has 1 aromatic heterocycles. The van der Waals surface area contributed by atoms with Crippen LogP contribution in [0.1, 0.15) is 22.9 Å². The molecule has 2 unspecified atom stereocenters. The minimum absolute atomic E-state index is 0.150. The molecule has 1 aliphatic carbocycles. The molecule has 3 heteroatoms. The fourth-order valence-corrected chi connectivity index (χ4v) is 4.19. The van der Waals surface area contributed by atoms with E-state index in [0.29, 0.717) is 0 Å². The molecule has 0 amide bonds. The van der Waals surface area contributed by atoms with Crippen molar-refractivity contribution < 1.29 is 4.74 Å². The summed E-state index contributed by atoms with van der Waals surface area (Å²) in [4.78, 5) is 0. The summed E-state index contributed by atoms with van der Waals surface area (Å²) in [6.45, 7) is 0. The van der Waals surface area contributed by atoms with Gasteiger partial charge in [-0.1, -0.05) is 66.7 Å². The molecule has 2 atom stereocenters. The largest absolute Gasteiger partial charge is 0.497 e. The van der Waals surface area contributed by atoms with Gasteiger partial charge in [0.2, 0.25) is 0 Å². The van der Waals surface area contributed by atoms with E-state index in [1.54, 1.807) is 7.11 Å². The van der Waals surface area contributed by atoms with E-state index in [0.717, 1.165) is 11.5 Å². The van der Waals surface area contributed by atoms with Gasteiger partial charge in [-0.25, -0.2) is 0 Å². The van der Waals surface area contributed by atoms with Gasteiger partial charge < -0.3 is 4.74 Å². The second kappa shape index (κ2) is 6.44. The Kier molecular flexibility index (Phi) is 3.79. The highest BCUT2D eigenvalue weighted by Crippen LogP contribution is 2.48. The Labute approximate surface area is 158 Å². The van der Waals surface area contributed by atoms with Crippen LogP contribution in [-0.4, -0.2) is 16.9 Å². The maximum atomic E-state index is 5.56. The number of allylic oxidation sites excluding steroid dienone is 4. The highest BCUT2D eigenvalue weighted by Gasteiger charge is 2.36. The van der Waals surface area contributed by atoms with Crippen molar-refractivity contribution in [2.45, 2.75) is 6.04 Å². The van der Waals surface area contributed by atoms with Crippen molar-refractivity contribution >= 4 is 11.1 Å². The van der Waals surface area contributed by atoms with E-state index >= 15 is 0 Å². The molecule has 0 fully saturated rings. The minimum Gasteiger partial charge on any atom is -0.497 e. The molecule has 5 rings (SSSR count). The Morgan fingerprint density at radius 2 is 1.59 bits per heavy atom. The third-order valence-corrected chi connectivity index (χ3v) is 5.36. The molecule has 0 saturated heterocycles. The van der Waals surface area contributed by atoms with Gasteiger partial charge in [-0.15, -0.1) is 0 Å². The zero-order valence-corrected chi connectivity index (χ0v) is 15.1. The van der Waals surface area contributed by atoms with E-state index < -0.39 is 0 Å². The first kappa shape index (κ1) is 15.9. The summed E-state index contributed by atoms with van der Waals surface area (Å²) in [6, 6.07) is 23.5. The maximum absolute atomic E-state index is 5.56. The van der Waals surface area contributed by atoms with Gasteiger partial charge in [-0.2, -0.15) is 5.10 Å². The maximum Gasteiger partial charge on any atom is 0.115 e. The molecule has 0 radical (unpaired) electrons. The molecule has 0 saturated carbocycles. The lowest BCUT2D eigenvalue weighted by Crippen LogP contribution is -2.27. The normalized spacial score (nSPS) is 20.7. The number of benzene rings is 2.